The number of benzene rings is 1. The number of rotatable bonds is 6. The van der Waals surface area contributed by atoms with Gasteiger partial charge in [0.25, 0.3) is 6.47 Å². The summed E-state index contributed by atoms with van der Waals surface area (Å²) >= 11 is 0. The van der Waals surface area contributed by atoms with Crippen molar-refractivity contribution in [2.45, 2.75) is 72.1 Å². The Morgan fingerprint density at radius 2 is 1.80 bits per heavy atom. The van der Waals surface area contributed by atoms with E-state index in [1.807, 2.05) is 19.9 Å². The van der Waals surface area contributed by atoms with E-state index in [9.17, 15) is 10.2 Å². The molecule has 1 aliphatic rings. The van der Waals surface area contributed by atoms with E-state index < -0.39 is 0 Å². The number of allylic oxidation sites excluding steroid dienone is 3. The van der Waals surface area contributed by atoms with Gasteiger partial charge in [-0.3, -0.25) is 4.79 Å². The zero-order chi connectivity index (χ0) is 20.6. The molecule has 0 aromatic heterocycles. The maximum atomic E-state index is 10.8. The number of hydrogen-bond donors (Lipinski definition) is 3. The molecule has 2 unspecified atom stereocenters. The van der Waals surface area contributed by atoms with Crippen LogP contribution in [0.25, 0.3) is 12.3 Å². The Kier molecular flexibility index (Phi) is 17.7. The number of carboxylic acid groups (broad SMARTS) is 1. The number of phenolic OH excluding ortho intramolecular Hbond substituents is 2. The molecule has 6 nitrogen and oxygen atoms in total. The number of aromatic hydroxyl groups is 2. The monoisotopic (exact) mass is 601 g/mol. The molecule has 0 saturated heterocycles. The summed E-state index contributed by atoms with van der Waals surface area (Å²) in [5.41, 5.74) is 5.09. The molecule has 0 fully saturated rings. The molecule has 0 amide bonds. The largest absolute Gasteiger partial charge is 2.00 e. The van der Waals surface area contributed by atoms with E-state index in [4.69, 9.17) is 9.90 Å². The summed E-state index contributed by atoms with van der Waals surface area (Å²) in [4.78, 5) is 8.36. The van der Waals surface area contributed by atoms with Gasteiger partial charge in [-0.25, -0.2) is 0 Å². The standard InChI is InChI=1S/C22H32O2.CH2O2.2H2N.Pt/c1-6-7-8-9-17-13-20(23)21(22(24)16(17)5)19-12-15(4)10-11-18(19)14(2)3;2-1-3;;;/h12-13,18-19,23-24H,2,6-11H2,1,3-5H3;1H,(H,2,3);2*1H2;/q;;2*-1;+2. The predicted molar refractivity (Wildman–Crippen MR) is 121 cm³/mol. The molecule has 1 aromatic carbocycles. The van der Waals surface area contributed by atoms with Gasteiger partial charge in [-0.15, -0.1) is 0 Å². The van der Waals surface area contributed by atoms with Crippen molar-refractivity contribution in [1.82, 2.24) is 0 Å². The Bertz CT molecular complexity index is 705. The molecule has 2 atom stereocenters. The summed E-state index contributed by atoms with van der Waals surface area (Å²) in [5, 5.41) is 28.4. The third kappa shape index (κ3) is 8.63. The Labute approximate surface area is 195 Å². The molecule has 7 heteroatoms. The predicted octanol–water partition coefficient (Wildman–Crippen LogP) is 7.29. The quantitative estimate of drug-likeness (QED) is 0.179. The second kappa shape index (κ2) is 16.1. The SMILES string of the molecule is C=C(C)C1CCC(C)=CC1c1c(O)cc(CCCCC)c(C)c1O.O=CO.[NH2-].[NH2-].[Pt+2]. The fraction of sp³-hybridized carbons (Fsp3) is 0.522. The van der Waals surface area contributed by atoms with Crippen LogP contribution in [0.15, 0.2) is 29.9 Å². The van der Waals surface area contributed by atoms with Gasteiger partial charge in [0.05, 0.1) is 0 Å². The minimum Gasteiger partial charge on any atom is -0.693 e. The van der Waals surface area contributed by atoms with E-state index in [2.05, 4.69) is 26.5 Å². The summed E-state index contributed by atoms with van der Waals surface area (Å²) in [5.74, 6) is 0.783. The summed E-state index contributed by atoms with van der Waals surface area (Å²) < 4.78 is 0. The molecule has 7 N–H and O–H groups in total. The third-order valence-corrected chi connectivity index (χ3v) is 5.44. The van der Waals surface area contributed by atoms with E-state index in [0.717, 1.165) is 42.4 Å². The number of carbonyl (C=O) groups is 1. The molecule has 30 heavy (non-hydrogen) atoms. The minimum atomic E-state index is -0.250. The topological polar surface area (TPSA) is 145 Å². The smallest absolute Gasteiger partial charge is 0.693 e. The van der Waals surface area contributed by atoms with E-state index in [-0.39, 0.29) is 63.2 Å². The first-order valence-corrected chi connectivity index (χ1v) is 9.73. The van der Waals surface area contributed by atoms with Crippen molar-refractivity contribution in [1.29, 1.82) is 0 Å². The number of hydrogen-bond acceptors (Lipinski definition) is 3. The first-order valence-electron chi connectivity index (χ1n) is 9.73. The zero-order valence-electron chi connectivity index (χ0n) is 18.6. The van der Waals surface area contributed by atoms with E-state index >= 15 is 0 Å². The molecule has 1 aliphatic carbocycles. The number of nitrogens with two attached hydrogens (primary N) is 2. The van der Waals surface area contributed by atoms with Gasteiger partial charge >= 0.3 is 21.1 Å². The second-order valence-electron chi connectivity index (χ2n) is 7.53. The molecule has 0 heterocycles. The molecule has 0 aliphatic heterocycles. The molecule has 0 radical (unpaired) electrons. The van der Waals surface area contributed by atoms with Crippen LogP contribution in [-0.2, 0) is 32.3 Å². The number of phenols is 2. The van der Waals surface area contributed by atoms with Crippen molar-refractivity contribution < 1.29 is 41.2 Å². The molecule has 0 saturated carbocycles. The Hall–Kier alpha value is -1.62. The van der Waals surface area contributed by atoms with Gasteiger partial charge in [0.2, 0.25) is 0 Å². The second-order valence-corrected chi connectivity index (χ2v) is 7.53. The van der Waals surface area contributed by atoms with E-state index in [1.165, 1.54) is 18.4 Å². The van der Waals surface area contributed by atoms with Crippen molar-refractivity contribution in [3.63, 3.8) is 0 Å². The fourth-order valence-electron chi connectivity index (χ4n) is 3.89. The van der Waals surface area contributed by atoms with Crippen LogP contribution >= 0.6 is 0 Å². The molecule has 1 aromatic rings. The van der Waals surface area contributed by atoms with Gasteiger partial charge in [0, 0.05) is 11.5 Å². The number of unbranched alkanes of at least 4 members (excludes halogenated alkanes) is 2. The number of aryl methyl sites for hydroxylation is 1. The summed E-state index contributed by atoms with van der Waals surface area (Å²) in [7, 11) is 0. The third-order valence-electron chi connectivity index (χ3n) is 5.44. The molecule has 0 spiro atoms. The van der Waals surface area contributed by atoms with Crippen LogP contribution in [0.5, 0.6) is 11.5 Å². The van der Waals surface area contributed by atoms with Gasteiger partial charge in [-0.1, -0.05) is 43.6 Å². The molecule has 2 rings (SSSR count). The van der Waals surface area contributed by atoms with Gasteiger partial charge in [-0.2, -0.15) is 0 Å². The normalized spacial score (nSPS) is 17.0. The summed E-state index contributed by atoms with van der Waals surface area (Å²) in [6.07, 6.45) is 8.62. The van der Waals surface area contributed by atoms with E-state index in [1.54, 1.807) is 0 Å². The first kappa shape index (κ1) is 33.0. The van der Waals surface area contributed by atoms with Gasteiger partial charge in [0.15, 0.2) is 0 Å². The first-order chi connectivity index (χ1) is 12.8. The summed E-state index contributed by atoms with van der Waals surface area (Å²) in [6, 6.07) is 1.87. The Morgan fingerprint density at radius 1 is 1.23 bits per heavy atom. The summed E-state index contributed by atoms with van der Waals surface area (Å²) in [6.45, 7) is 12.2. The van der Waals surface area contributed by atoms with Crippen molar-refractivity contribution in [2.75, 3.05) is 0 Å². The van der Waals surface area contributed by atoms with Crippen LogP contribution in [0.3, 0.4) is 0 Å². The van der Waals surface area contributed by atoms with Crippen molar-refractivity contribution in [3.8, 4) is 11.5 Å². The minimum absolute atomic E-state index is 0. The molecule has 0 bridgehead atoms. The average Bonchev–Trinajstić information content (AvgIpc) is 2.60. The maximum Gasteiger partial charge on any atom is 2.00 e. The van der Waals surface area contributed by atoms with Gasteiger partial charge in [-0.05, 0) is 69.6 Å². The van der Waals surface area contributed by atoms with Crippen LogP contribution in [-0.4, -0.2) is 21.8 Å². The maximum absolute atomic E-state index is 10.8. The molecular formula is C23H38N2O4Pt. The zero-order valence-corrected chi connectivity index (χ0v) is 20.8. The van der Waals surface area contributed by atoms with Crippen molar-refractivity contribution in [3.05, 3.63) is 58.9 Å². The van der Waals surface area contributed by atoms with Crippen LogP contribution in [0.4, 0.5) is 0 Å². The van der Waals surface area contributed by atoms with Crippen molar-refractivity contribution in [2.24, 2.45) is 5.92 Å². The van der Waals surface area contributed by atoms with Crippen LogP contribution in [0.2, 0.25) is 0 Å². The molecular weight excluding hydrogens is 563 g/mol. The molecule has 174 valence electrons. The van der Waals surface area contributed by atoms with E-state index in [0.29, 0.717) is 5.56 Å². The van der Waals surface area contributed by atoms with Crippen LogP contribution < -0.4 is 0 Å². The van der Waals surface area contributed by atoms with Crippen LogP contribution in [0.1, 0.15) is 75.5 Å². The van der Waals surface area contributed by atoms with Gasteiger partial charge in [0.1, 0.15) is 11.5 Å². The fourth-order valence-corrected chi connectivity index (χ4v) is 3.89. The Morgan fingerprint density at radius 3 is 2.30 bits per heavy atom. The van der Waals surface area contributed by atoms with Gasteiger partial charge < -0.3 is 27.6 Å². The van der Waals surface area contributed by atoms with Crippen molar-refractivity contribution >= 4 is 6.47 Å². The Balaban J connectivity index is -0.00000114. The van der Waals surface area contributed by atoms with Crippen LogP contribution in [0, 0.1) is 12.8 Å². The average molecular weight is 602 g/mol.